The molecule has 1 aromatic heterocycles. The summed E-state index contributed by atoms with van der Waals surface area (Å²) < 4.78 is 0. The zero-order valence-corrected chi connectivity index (χ0v) is 7.73. The number of nitrogens with zero attached hydrogens (tertiary/aromatic N) is 2. The molecule has 0 aromatic carbocycles. The minimum atomic E-state index is -0.420. The van der Waals surface area contributed by atoms with Crippen molar-refractivity contribution in [2.45, 2.75) is 20.3 Å². The predicted octanol–water partition coefficient (Wildman–Crippen LogP) is 2.19. The molecule has 70 valence electrons. The second-order valence-electron chi connectivity index (χ2n) is 3.41. The lowest BCUT2D eigenvalue weighted by Gasteiger charge is -2.02. The first-order chi connectivity index (χ1) is 6.09. The molecular formula is C9H12N2O2. The van der Waals surface area contributed by atoms with E-state index < -0.39 is 4.92 Å². The molecule has 0 N–H and O–H groups in total. The van der Waals surface area contributed by atoms with Crippen LogP contribution in [0.1, 0.15) is 19.4 Å². The number of hydrogen-bond acceptors (Lipinski definition) is 3. The normalized spacial score (nSPS) is 10.4. The van der Waals surface area contributed by atoms with Crippen LogP contribution in [0, 0.1) is 16.0 Å². The van der Waals surface area contributed by atoms with Crippen LogP contribution in [-0.2, 0) is 6.42 Å². The van der Waals surface area contributed by atoms with Gasteiger partial charge >= 0.3 is 0 Å². The van der Waals surface area contributed by atoms with Crippen LogP contribution >= 0.6 is 0 Å². The Balaban J connectivity index is 2.85. The summed E-state index contributed by atoms with van der Waals surface area (Å²) in [5, 5.41) is 10.4. The van der Waals surface area contributed by atoms with Crippen LogP contribution in [0.3, 0.4) is 0 Å². The molecule has 0 amide bonds. The van der Waals surface area contributed by atoms with E-state index in [0.717, 1.165) is 12.0 Å². The lowest BCUT2D eigenvalue weighted by molar-refractivity contribution is -0.385. The average Bonchev–Trinajstić information content (AvgIpc) is 2.03. The zero-order chi connectivity index (χ0) is 9.84. The summed E-state index contributed by atoms with van der Waals surface area (Å²) in [4.78, 5) is 13.8. The molecule has 0 aliphatic rings. The maximum absolute atomic E-state index is 10.4. The minimum absolute atomic E-state index is 0.0677. The van der Waals surface area contributed by atoms with Crippen molar-refractivity contribution in [3.05, 3.63) is 34.1 Å². The van der Waals surface area contributed by atoms with Crippen molar-refractivity contribution in [2.24, 2.45) is 5.92 Å². The average molecular weight is 180 g/mol. The molecule has 0 saturated carbocycles. The molecular weight excluding hydrogens is 168 g/mol. The molecule has 0 unspecified atom stereocenters. The van der Waals surface area contributed by atoms with Crippen molar-refractivity contribution in [2.75, 3.05) is 0 Å². The van der Waals surface area contributed by atoms with Crippen LogP contribution in [0.5, 0.6) is 0 Å². The summed E-state index contributed by atoms with van der Waals surface area (Å²) in [5.41, 5.74) is 0.988. The largest absolute Gasteiger partial charge is 0.287 e. The van der Waals surface area contributed by atoms with Crippen molar-refractivity contribution < 1.29 is 4.92 Å². The molecule has 4 nitrogen and oxygen atoms in total. The molecule has 0 fully saturated rings. The highest BCUT2D eigenvalue weighted by Gasteiger charge is 2.07. The van der Waals surface area contributed by atoms with Crippen molar-refractivity contribution >= 4 is 5.69 Å². The Morgan fingerprint density at radius 3 is 2.77 bits per heavy atom. The lowest BCUT2D eigenvalue weighted by Crippen LogP contribution is -1.96. The van der Waals surface area contributed by atoms with Crippen LogP contribution in [-0.4, -0.2) is 9.91 Å². The van der Waals surface area contributed by atoms with Gasteiger partial charge in [0, 0.05) is 12.3 Å². The van der Waals surface area contributed by atoms with Crippen molar-refractivity contribution in [3.63, 3.8) is 0 Å². The molecule has 1 aromatic rings. The summed E-state index contributed by atoms with van der Waals surface area (Å²) in [5.74, 6) is 0.490. The maximum atomic E-state index is 10.4. The minimum Gasteiger partial charge on any atom is -0.258 e. The van der Waals surface area contributed by atoms with E-state index in [4.69, 9.17) is 0 Å². The van der Waals surface area contributed by atoms with Gasteiger partial charge in [-0.2, -0.15) is 0 Å². The van der Waals surface area contributed by atoms with E-state index in [0.29, 0.717) is 5.92 Å². The third-order valence-electron chi connectivity index (χ3n) is 1.64. The topological polar surface area (TPSA) is 56.0 Å². The Hall–Kier alpha value is -1.45. The van der Waals surface area contributed by atoms with E-state index in [2.05, 4.69) is 18.8 Å². The third kappa shape index (κ3) is 2.82. The van der Waals surface area contributed by atoms with Gasteiger partial charge in [0.05, 0.1) is 4.92 Å². The van der Waals surface area contributed by atoms with Gasteiger partial charge < -0.3 is 0 Å². The fourth-order valence-electron chi connectivity index (χ4n) is 1.16. The standard InChI is InChI=1S/C9H12N2O2/c1-7(2)3-8-4-9(11(12)13)6-10-5-8/h4-7H,3H2,1-2H3. The summed E-state index contributed by atoms with van der Waals surface area (Å²) in [6, 6.07) is 1.58. The molecule has 0 aliphatic heterocycles. The number of aromatic nitrogens is 1. The van der Waals surface area contributed by atoms with Gasteiger partial charge in [0.1, 0.15) is 6.20 Å². The van der Waals surface area contributed by atoms with Crippen LogP contribution in [0.4, 0.5) is 5.69 Å². The number of hydrogen-bond donors (Lipinski definition) is 0. The summed E-state index contributed by atoms with van der Waals surface area (Å²) in [6.45, 7) is 4.14. The SMILES string of the molecule is CC(C)Cc1cncc([N+](=O)[O-])c1. The fourth-order valence-corrected chi connectivity index (χ4v) is 1.16. The zero-order valence-electron chi connectivity index (χ0n) is 7.73. The smallest absolute Gasteiger partial charge is 0.258 e. The molecule has 0 saturated heterocycles. The number of nitro groups is 1. The van der Waals surface area contributed by atoms with E-state index in [9.17, 15) is 10.1 Å². The first-order valence-corrected chi connectivity index (χ1v) is 4.18. The van der Waals surface area contributed by atoms with Crippen LogP contribution in [0.15, 0.2) is 18.5 Å². The van der Waals surface area contributed by atoms with Gasteiger partial charge in [-0.05, 0) is 17.9 Å². The van der Waals surface area contributed by atoms with E-state index in [1.54, 1.807) is 12.3 Å². The Kier molecular flexibility index (Phi) is 2.95. The Bertz CT molecular complexity index is 310. The second-order valence-corrected chi connectivity index (χ2v) is 3.41. The number of rotatable bonds is 3. The first-order valence-electron chi connectivity index (χ1n) is 4.18. The quantitative estimate of drug-likeness (QED) is 0.529. The highest BCUT2D eigenvalue weighted by atomic mass is 16.6. The van der Waals surface area contributed by atoms with Crippen LogP contribution in [0.25, 0.3) is 0 Å². The second kappa shape index (κ2) is 3.98. The molecule has 13 heavy (non-hydrogen) atoms. The summed E-state index contributed by atoms with van der Waals surface area (Å²) in [6.07, 6.45) is 3.77. The van der Waals surface area contributed by atoms with E-state index in [1.807, 2.05) is 0 Å². The molecule has 4 heteroatoms. The van der Waals surface area contributed by atoms with Gasteiger partial charge in [-0.1, -0.05) is 13.8 Å². The first kappa shape index (κ1) is 9.64. The van der Waals surface area contributed by atoms with Gasteiger partial charge in [-0.25, -0.2) is 0 Å². The van der Waals surface area contributed by atoms with Gasteiger partial charge in [0.25, 0.3) is 5.69 Å². The van der Waals surface area contributed by atoms with Gasteiger partial charge in [0.2, 0.25) is 0 Å². The highest BCUT2D eigenvalue weighted by Crippen LogP contribution is 2.13. The van der Waals surface area contributed by atoms with Gasteiger partial charge in [0.15, 0.2) is 0 Å². The Labute approximate surface area is 76.8 Å². The molecule has 1 rings (SSSR count). The lowest BCUT2D eigenvalue weighted by atomic mass is 10.0. The monoisotopic (exact) mass is 180 g/mol. The summed E-state index contributed by atoms with van der Waals surface area (Å²) >= 11 is 0. The highest BCUT2D eigenvalue weighted by molar-refractivity contribution is 5.29. The Morgan fingerprint density at radius 2 is 2.23 bits per heavy atom. The Morgan fingerprint density at radius 1 is 1.54 bits per heavy atom. The van der Waals surface area contributed by atoms with Crippen molar-refractivity contribution in [3.8, 4) is 0 Å². The molecule has 0 aliphatic carbocycles. The fraction of sp³-hybridized carbons (Fsp3) is 0.444. The van der Waals surface area contributed by atoms with E-state index >= 15 is 0 Å². The molecule has 0 radical (unpaired) electrons. The maximum Gasteiger partial charge on any atom is 0.287 e. The van der Waals surface area contributed by atoms with Gasteiger partial charge in [-0.3, -0.25) is 15.1 Å². The van der Waals surface area contributed by atoms with Crippen LogP contribution in [0.2, 0.25) is 0 Å². The molecule has 1 heterocycles. The van der Waals surface area contributed by atoms with Crippen molar-refractivity contribution in [1.29, 1.82) is 0 Å². The van der Waals surface area contributed by atoms with E-state index in [-0.39, 0.29) is 5.69 Å². The van der Waals surface area contributed by atoms with Crippen molar-refractivity contribution in [1.82, 2.24) is 4.98 Å². The van der Waals surface area contributed by atoms with E-state index in [1.165, 1.54) is 6.20 Å². The third-order valence-corrected chi connectivity index (χ3v) is 1.64. The summed E-state index contributed by atoms with van der Waals surface area (Å²) in [7, 11) is 0. The molecule has 0 spiro atoms. The predicted molar refractivity (Wildman–Crippen MR) is 49.4 cm³/mol. The van der Waals surface area contributed by atoms with Gasteiger partial charge in [-0.15, -0.1) is 0 Å². The van der Waals surface area contributed by atoms with Crippen LogP contribution < -0.4 is 0 Å². The number of pyridine rings is 1. The molecule has 0 bridgehead atoms. The molecule has 0 atom stereocenters.